The van der Waals surface area contributed by atoms with Crippen LogP contribution < -0.4 is 0 Å². The summed E-state index contributed by atoms with van der Waals surface area (Å²) in [6.45, 7) is 9.38. The molecule has 0 nitrogen and oxygen atoms in total. The predicted molar refractivity (Wildman–Crippen MR) is 132 cm³/mol. The van der Waals surface area contributed by atoms with E-state index < -0.39 is 0 Å². The fourth-order valence-electron chi connectivity index (χ4n) is 4.64. The van der Waals surface area contributed by atoms with Crippen LogP contribution in [0.4, 0.5) is 0 Å². The van der Waals surface area contributed by atoms with Gasteiger partial charge >= 0.3 is 179 Å². The van der Waals surface area contributed by atoms with Gasteiger partial charge in [-0.25, -0.2) is 0 Å². The van der Waals surface area contributed by atoms with Crippen molar-refractivity contribution in [2.45, 2.75) is 118 Å². The molecule has 0 aromatic carbocycles. The Balaban J connectivity index is 0.00000392. The molecule has 0 aromatic rings. The van der Waals surface area contributed by atoms with E-state index in [1.165, 1.54) is 89.9 Å². The van der Waals surface area contributed by atoms with Crippen LogP contribution in [0.1, 0.15) is 118 Å². The van der Waals surface area contributed by atoms with Crippen molar-refractivity contribution in [1.82, 2.24) is 0 Å². The molecule has 0 unspecified atom stereocenters. The summed E-state index contributed by atoms with van der Waals surface area (Å²) in [4.78, 5) is 0. The Hall–Kier alpha value is 0.254. The first-order valence-electron chi connectivity index (χ1n) is 11.8. The molecule has 0 N–H and O–H groups in total. The van der Waals surface area contributed by atoms with Crippen molar-refractivity contribution in [3.05, 3.63) is 42.2 Å². The summed E-state index contributed by atoms with van der Waals surface area (Å²) in [5, 5.41) is 0. The van der Waals surface area contributed by atoms with E-state index >= 15 is 0 Å². The molecule has 0 saturated carbocycles. The smallest absolute Gasteiger partial charge is 0.147 e. The van der Waals surface area contributed by atoms with Crippen LogP contribution in [0.5, 0.6) is 0 Å². The van der Waals surface area contributed by atoms with Gasteiger partial charge in [0.25, 0.3) is 0 Å². The number of hydrogen-bond donors (Lipinski definition) is 0. The minimum Gasteiger partial charge on any atom is -0.147 e. The summed E-state index contributed by atoms with van der Waals surface area (Å²) in [5.41, 5.74) is 6.98. The van der Waals surface area contributed by atoms with Gasteiger partial charge in [-0.05, 0) is 0 Å². The second kappa shape index (κ2) is 16.9. The SMILES string of the molecule is CCCCCCC1=CC[C]([Ti][C]2=C(CC)C(CCCCCC)=CC2)=C1CC.Cl.Cl. The van der Waals surface area contributed by atoms with Crippen molar-refractivity contribution in [2.24, 2.45) is 0 Å². The second-order valence-corrected chi connectivity index (χ2v) is 10.5. The molecule has 0 aliphatic heterocycles. The van der Waals surface area contributed by atoms with E-state index in [2.05, 4.69) is 39.8 Å². The van der Waals surface area contributed by atoms with Crippen LogP contribution in [-0.2, 0) is 19.2 Å². The first-order chi connectivity index (χ1) is 13.2. The third kappa shape index (κ3) is 9.10. The Morgan fingerprint density at radius 1 is 0.621 bits per heavy atom. The minimum atomic E-state index is -0.0796. The number of unbranched alkanes of at least 4 members (excludes halogenated alkanes) is 6. The molecule has 0 aromatic heterocycles. The van der Waals surface area contributed by atoms with Crippen LogP contribution in [0.25, 0.3) is 0 Å². The van der Waals surface area contributed by atoms with Gasteiger partial charge in [0.15, 0.2) is 0 Å². The van der Waals surface area contributed by atoms with Crippen molar-refractivity contribution in [1.29, 1.82) is 0 Å². The van der Waals surface area contributed by atoms with E-state index in [4.69, 9.17) is 0 Å². The first kappa shape index (κ1) is 29.3. The maximum atomic E-state index is 2.59. The first-order valence-corrected chi connectivity index (χ1v) is 13.4. The third-order valence-corrected chi connectivity index (χ3v) is 8.74. The zero-order valence-electron chi connectivity index (χ0n) is 19.4. The molecule has 3 heteroatoms. The van der Waals surface area contributed by atoms with Crippen molar-refractivity contribution in [2.75, 3.05) is 0 Å². The maximum absolute atomic E-state index is 2.59. The molecule has 2 aliphatic rings. The summed E-state index contributed by atoms with van der Waals surface area (Å²) >= 11 is -0.0796. The Morgan fingerprint density at radius 3 is 1.38 bits per heavy atom. The number of allylic oxidation sites excluding steroid dienone is 8. The number of rotatable bonds is 14. The molecular formula is C26H44Cl2Ti. The predicted octanol–water partition coefficient (Wildman–Crippen LogP) is 9.84. The third-order valence-electron chi connectivity index (χ3n) is 6.22. The van der Waals surface area contributed by atoms with E-state index in [9.17, 15) is 0 Å². The van der Waals surface area contributed by atoms with Gasteiger partial charge in [0.1, 0.15) is 0 Å². The fraction of sp³-hybridized carbons (Fsp3) is 0.692. The molecule has 0 heterocycles. The summed E-state index contributed by atoms with van der Waals surface area (Å²) in [7, 11) is 0. The molecule has 2 rings (SSSR count). The molecule has 166 valence electrons. The molecule has 0 atom stereocenters. The van der Waals surface area contributed by atoms with Gasteiger partial charge in [0, 0.05) is 0 Å². The van der Waals surface area contributed by atoms with Gasteiger partial charge in [-0.15, -0.1) is 24.8 Å². The molecule has 29 heavy (non-hydrogen) atoms. The van der Waals surface area contributed by atoms with Crippen LogP contribution in [0, 0.1) is 0 Å². The fourth-order valence-corrected chi connectivity index (χ4v) is 7.37. The number of hydrogen-bond acceptors (Lipinski definition) is 0. The Labute approximate surface area is 202 Å². The largest absolute Gasteiger partial charge is 0.147 e. The molecular weight excluding hydrogens is 431 g/mol. The topological polar surface area (TPSA) is 0 Å². The zero-order valence-corrected chi connectivity index (χ0v) is 22.6. The van der Waals surface area contributed by atoms with Gasteiger partial charge in [-0.2, -0.15) is 0 Å². The minimum absolute atomic E-state index is 0. The van der Waals surface area contributed by atoms with Crippen molar-refractivity contribution >= 4 is 24.8 Å². The Morgan fingerprint density at radius 2 is 1.03 bits per heavy atom. The molecule has 0 bridgehead atoms. The van der Waals surface area contributed by atoms with Gasteiger partial charge in [0.05, 0.1) is 0 Å². The molecule has 0 fully saturated rings. The average Bonchev–Trinajstić information content (AvgIpc) is 3.25. The average molecular weight is 475 g/mol. The standard InChI is InChI=1S/2C13H21.2ClH.Ti/c2*1-3-5-6-7-9-13-11-8-10-12(13)4-2;;;/h2*11H,3-9H2,1-2H3;2*1H;. The molecule has 0 saturated heterocycles. The van der Waals surface area contributed by atoms with E-state index in [1.54, 1.807) is 22.3 Å². The molecule has 0 radical (unpaired) electrons. The zero-order chi connectivity index (χ0) is 19.5. The summed E-state index contributed by atoms with van der Waals surface area (Å²) in [6, 6.07) is 0. The van der Waals surface area contributed by atoms with Crippen molar-refractivity contribution in [3.8, 4) is 0 Å². The maximum Gasteiger partial charge on any atom is -0.147 e. The second-order valence-electron chi connectivity index (χ2n) is 8.23. The summed E-state index contributed by atoms with van der Waals surface area (Å²) in [5.74, 6) is 0. The molecule has 2 aliphatic carbocycles. The monoisotopic (exact) mass is 474 g/mol. The molecule has 0 spiro atoms. The van der Waals surface area contributed by atoms with Gasteiger partial charge in [-0.3, -0.25) is 0 Å². The van der Waals surface area contributed by atoms with Crippen molar-refractivity contribution < 1.29 is 19.2 Å². The van der Waals surface area contributed by atoms with E-state index in [0.29, 0.717) is 0 Å². The summed E-state index contributed by atoms with van der Waals surface area (Å²) < 4.78 is 3.73. The number of halogens is 2. The van der Waals surface area contributed by atoms with Gasteiger partial charge < -0.3 is 0 Å². The van der Waals surface area contributed by atoms with Crippen molar-refractivity contribution in [3.63, 3.8) is 0 Å². The Kier molecular flexibility index (Phi) is 17.0. The quantitative estimate of drug-likeness (QED) is 0.173. The van der Waals surface area contributed by atoms with Gasteiger partial charge in [0.2, 0.25) is 0 Å². The van der Waals surface area contributed by atoms with E-state index in [-0.39, 0.29) is 44.0 Å². The van der Waals surface area contributed by atoms with Crippen LogP contribution in [-0.4, -0.2) is 0 Å². The summed E-state index contributed by atoms with van der Waals surface area (Å²) in [6.07, 6.45) is 24.0. The normalized spacial score (nSPS) is 15.9. The van der Waals surface area contributed by atoms with Crippen LogP contribution in [0.15, 0.2) is 42.2 Å². The van der Waals surface area contributed by atoms with Gasteiger partial charge in [-0.1, -0.05) is 0 Å². The molecule has 0 amide bonds. The van der Waals surface area contributed by atoms with Crippen LogP contribution in [0.2, 0.25) is 0 Å². The van der Waals surface area contributed by atoms with Crippen LogP contribution in [0.3, 0.4) is 0 Å². The van der Waals surface area contributed by atoms with E-state index in [1.807, 2.05) is 7.76 Å². The Bertz CT molecular complexity index is 544. The van der Waals surface area contributed by atoms with Crippen LogP contribution >= 0.6 is 24.8 Å². The van der Waals surface area contributed by atoms with E-state index in [0.717, 1.165) is 0 Å².